The van der Waals surface area contributed by atoms with Gasteiger partial charge in [-0.15, -0.1) is 5.10 Å². The summed E-state index contributed by atoms with van der Waals surface area (Å²) in [6.07, 6.45) is 4.09. The van der Waals surface area contributed by atoms with Gasteiger partial charge in [-0.05, 0) is 23.3 Å². The number of halogens is 2. The molecule has 3 aromatic heterocycles. The number of nitrogens with one attached hydrogen (secondary N) is 1. The monoisotopic (exact) mass is 352 g/mol. The van der Waals surface area contributed by atoms with E-state index in [1.807, 2.05) is 42.6 Å². The molecule has 0 fully saturated rings. The average Bonchev–Trinajstić information content (AvgIpc) is 3.33. The fraction of sp³-hybridized carbons (Fsp3) is 0.111. The van der Waals surface area contributed by atoms with Gasteiger partial charge in [-0.3, -0.25) is 4.98 Å². The second-order valence-corrected chi connectivity index (χ2v) is 5.72. The molecule has 0 saturated carbocycles. The van der Waals surface area contributed by atoms with Gasteiger partial charge in [0.2, 0.25) is 0 Å². The zero-order chi connectivity index (χ0) is 17.9. The summed E-state index contributed by atoms with van der Waals surface area (Å²) in [5.41, 5.74) is 4.11. The largest absolute Gasteiger partial charge is 0.337 e. The molecular weight excluding hydrogens is 338 g/mol. The predicted octanol–water partition coefficient (Wildman–Crippen LogP) is 3.72. The van der Waals surface area contributed by atoms with Gasteiger partial charge in [-0.2, -0.15) is 0 Å². The van der Waals surface area contributed by atoms with Gasteiger partial charge in [-0.1, -0.05) is 29.5 Å². The Kier molecular flexibility index (Phi) is 4.22. The average molecular weight is 352 g/mol. The van der Waals surface area contributed by atoms with Crippen molar-refractivity contribution in [3.05, 3.63) is 72.6 Å². The van der Waals surface area contributed by atoms with E-state index in [0.717, 1.165) is 22.4 Å². The van der Waals surface area contributed by atoms with Gasteiger partial charge in [0.05, 0.1) is 24.6 Å². The van der Waals surface area contributed by atoms with E-state index in [9.17, 15) is 8.78 Å². The number of imidazole rings is 1. The van der Waals surface area contributed by atoms with Crippen molar-refractivity contribution in [2.75, 3.05) is 0 Å². The summed E-state index contributed by atoms with van der Waals surface area (Å²) in [4.78, 5) is 10.3. The van der Waals surface area contributed by atoms with E-state index in [1.54, 1.807) is 17.1 Å². The van der Waals surface area contributed by atoms with Crippen molar-refractivity contribution in [1.82, 2.24) is 29.9 Å². The van der Waals surface area contributed by atoms with Crippen LogP contribution in [-0.2, 0) is 6.54 Å². The number of hydrogen-bond acceptors (Lipinski definition) is 4. The number of benzene rings is 1. The summed E-state index contributed by atoms with van der Waals surface area (Å²) in [5, 5.41) is 8.31. The number of rotatable bonds is 5. The highest BCUT2D eigenvalue weighted by Crippen LogP contribution is 2.22. The predicted molar refractivity (Wildman–Crippen MR) is 91.3 cm³/mol. The number of nitrogens with zero attached hydrogens (tertiary/aromatic N) is 5. The van der Waals surface area contributed by atoms with Gasteiger partial charge in [0, 0.05) is 18.0 Å². The highest BCUT2D eigenvalue weighted by molar-refractivity contribution is 5.59. The van der Waals surface area contributed by atoms with Crippen LogP contribution in [0.15, 0.2) is 61.2 Å². The van der Waals surface area contributed by atoms with Crippen LogP contribution in [0, 0.1) is 0 Å². The highest BCUT2D eigenvalue weighted by atomic mass is 19.3. The molecule has 0 atom stereocenters. The van der Waals surface area contributed by atoms with Crippen LogP contribution in [0.1, 0.15) is 17.8 Å². The van der Waals surface area contributed by atoms with Crippen LogP contribution >= 0.6 is 0 Å². The fourth-order valence-corrected chi connectivity index (χ4v) is 2.60. The van der Waals surface area contributed by atoms with Crippen LogP contribution in [0.4, 0.5) is 8.78 Å². The third-order valence-electron chi connectivity index (χ3n) is 3.93. The van der Waals surface area contributed by atoms with Crippen LogP contribution < -0.4 is 0 Å². The lowest BCUT2D eigenvalue weighted by Gasteiger charge is -2.03. The van der Waals surface area contributed by atoms with E-state index in [-0.39, 0.29) is 5.82 Å². The number of alkyl halides is 2. The lowest BCUT2D eigenvalue weighted by molar-refractivity contribution is 0.141. The van der Waals surface area contributed by atoms with Crippen molar-refractivity contribution in [3.8, 4) is 22.5 Å². The van der Waals surface area contributed by atoms with Gasteiger partial charge >= 0.3 is 0 Å². The van der Waals surface area contributed by atoms with Crippen molar-refractivity contribution < 1.29 is 8.78 Å². The van der Waals surface area contributed by atoms with E-state index >= 15 is 0 Å². The first-order chi connectivity index (χ1) is 12.7. The number of aromatic amines is 1. The Balaban J connectivity index is 1.48. The summed E-state index contributed by atoms with van der Waals surface area (Å²) in [6.45, 7) is 0.559. The Morgan fingerprint density at radius 1 is 1.00 bits per heavy atom. The van der Waals surface area contributed by atoms with E-state index < -0.39 is 6.43 Å². The second-order valence-electron chi connectivity index (χ2n) is 5.72. The zero-order valence-corrected chi connectivity index (χ0v) is 13.5. The first-order valence-corrected chi connectivity index (χ1v) is 7.92. The SMILES string of the molecule is FC(F)c1ncc(-c2ccc(Cn3cc(-c4ccncc4)nn3)cc2)[nH]1. The van der Waals surface area contributed by atoms with Gasteiger partial charge < -0.3 is 4.98 Å². The van der Waals surface area contributed by atoms with E-state index in [0.29, 0.717) is 12.2 Å². The quantitative estimate of drug-likeness (QED) is 0.594. The lowest BCUT2D eigenvalue weighted by Crippen LogP contribution is -2.00. The van der Waals surface area contributed by atoms with Crippen LogP contribution in [-0.4, -0.2) is 29.9 Å². The molecular formula is C18H14F2N6. The van der Waals surface area contributed by atoms with Crippen molar-refractivity contribution in [3.63, 3.8) is 0 Å². The van der Waals surface area contributed by atoms with Crippen molar-refractivity contribution >= 4 is 0 Å². The van der Waals surface area contributed by atoms with Crippen LogP contribution in [0.5, 0.6) is 0 Å². The minimum atomic E-state index is -2.61. The maximum Gasteiger partial charge on any atom is 0.295 e. The van der Waals surface area contributed by atoms with Crippen molar-refractivity contribution in [2.45, 2.75) is 13.0 Å². The minimum absolute atomic E-state index is 0.324. The normalized spacial score (nSPS) is 11.2. The summed E-state index contributed by atoms with van der Waals surface area (Å²) in [7, 11) is 0. The van der Waals surface area contributed by atoms with Crippen LogP contribution in [0.3, 0.4) is 0 Å². The molecule has 0 aliphatic carbocycles. The Labute approximate surface area is 147 Å². The molecule has 0 spiro atoms. The molecule has 4 rings (SSSR count). The molecule has 0 aliphatic heterocycles. The third kappa shape index (κ3) is 3.34. The third-order valence-corrected chi connectivity index (χ3v) is 3.93. The molecule has 0 amide bonds. The molecule has 4 aromatic rings. The molecule has 130 valence electrons. The first kappa shape index (κ1) is 16.1. The minimum Gasteiger partial charge on any atom is -0.337 e. The highest BCUT2D eigenvalue weighted by Gasteiger charge is 2.12. The summed E-state index contributed by atoms with van der Waals surface area (Å²) in [6, 6.07) is 11.3. The summed E-state index contributed by atoms with van der Waals surface area (Å²) in [5.74, 6) is -0.324. The van der Waals surface area contributed by atoms with Crippen LogP contribution in [0.2, 0.25) is 0 Å². The van der Waals surface area contributed by atoms with Gasteiger partial charge in [-0.25, -0.2) is 18.4 Å². The molecule has 1 aromatic carbocycles. The fourth-order valence-electron chi connectivity index (χ4n) is 2.60. The smallest absolute Gasteiger partial charge is 0.295 e. The standard InChI is InChI=1S/C18H14F2N6/c19-17(20)18-22-9-15(23-18)13-3-1-12(2-4-13)10-26-11-16(24-25-26)14-5-7-21-8-6-14/h1-9,11,17H,10H2,(H,22,23). The topological polar surface area (TPSA) is 72.3 Å². The Hall–Kier alpha value is -3.42. The molecule has 3 heterocycles. The molecule has 6 nitrogen and oxygen atoms in total. The molecule has 0 saturated heterocycles. The number of hydrogen-bond donors (Lipinski definition) is 1. The maximum atomic E-state index is 12.6. The Morgan fingerprint density at radius 2 is 1.77 bits per heavy atom. The van der Waals surface area contributed by atoms with Gasteiger partial charge in [0.1, 0.15) is 5.69 Å². The maximum absolute atomic E-state index is 12.6. The van der Waals surface area contributed by atoms with Gasteiger partial charge in [0.25, 0.3) is 6.43 Å². The summed E-state index contributed by atoms with van der Waals surface area (Å²) < 4.78 is 27.0. The number of pyridine rings is 1. The molecule has 1 N–H and O–H groups in total. The van der Waals surface area contributed by atoms with E-state index in [1.165, 1.54) is 6.20 Å². The Morgan fingerprint density at radius 3 is 2.46 bits per heavy atom. The number of aromatic nitrogens is 6. The van der Waals surface area contributed by atoms with Crippen molar-refractivity contribution in [2.24, 2.45) is 0 Å². The summed E-state index contributed by atoms with van der Waals surface area (Å²) >= 11 is 0. The lowest BCUT2D eigenvalue weighted by atomic mass is 10.1. The van der Waals surface area contributed by atoms with Crippen LogP contribution in [0.25, 0.3) is 22.5 Å². The molecule has 8 heteroatoms. The first-order valence-electron chi connectivity index (χ1n) is 7.92. The van der Waals surface area contributed by atoms with Crippen molar-refractivity contribution in [1.29, 1.82) is 0 Å². The number of H-pyrrole nitrogens is 1. The van der Waals surface area contributed by atoms with E-state index in [2.05, 4.69) is 25.3 Å². The zero-order valence-electron chi connectivity index (χ0n) is 13.5. The Bertz CT molecular complexity index is 992. The molecule has 0 aliphatic rings. The van der Waals surface area contributed by atoms with E-state index in [4.69, 9.17) is 0 Å². The molecule has 0 radical (unpaired) electrons. The molecule has 0 bridgehead atoms. The molecule has 0 unspecified atom stereocenters. The molecule has 26 heavy (non-hydrogen) atoms. The second kappa shape index (κ2) is 6.83. The van der Waals surface area contributed by atoms with Gasteiger partial charge in [0.15, 0.2) is 5.82 Å².